The first-order chi connectivity index (χ1) is 6.60. The summed E-state index contributed by atoms with van der Waals surface area (Å²) in [5.41, 5.74) is 0. The Morgan fingerprint density at radius 3 is 2.57 bits per heavy atom. The Bertz CT molecular complexity index is 185. The minimum absolute atomic E-state index is 0.0789. The second kappa shape index (κ2) is 7.74. The van der Waals surface area contributed by atoms with Gasteiger partial charge in [-0.3, -0.25) is 4.79 Å². The zero-order chi connectivity index (χ0) is 11.0. The molecule has 2 unspecified atom stereocenters. The normalized spacial score (nSPS) is 15.7. The Kier molecular flexibility index (Phi) is 7.40. The molecular weight excluding hydrogens is 176 g/mol. The summed E-state index contributed by atoms with van der Waals surface area (Å²) < 4.78 is 5.28. The van der Waals surface area contributed by atoms with Crippen LogP contribution in [0, 0.1) is 5.92 Å². The van der Waals surface area contributed by atoms with E-state index >= 15 is 0 Å². The van der Waals surface area contributed by atoms with Crippen LogP contribution in [0.4, 0.5) is 0 Å². The van der Waals surface area contributed by atoms with Gasteiger partial charge in [-0.2, -0.15) is 0 Å². The predicted octanol–water partition coefficient (Wildman–Crippen LogP) is 2.97. The van der Waals surface area contributed by atoms with E-state index in [2.05, 4.69) is 13.8 Å². The van der Waals surface area contributed by atoms with Crippen molar-refractivity contribution in [2.24, 2.45) is 5.92 Å². The molecule has 0 heterocycles. The fourth-order valence-corrected chi connectivity index (χ4v) is 1.50. The maximum atomic E-state index is 10.7. The van der Waals surface area contributed by atoms with Crippen molar-refractivity contribution in [2.75, 3.05) is 7.11 Å². The van der Waals surface area contributed by atoms with Gasteiger partial charge in [0.1, 0.15) is 0 Å². The summed E-state index contributed by atoms with van der Waals surface area (Å²) in [4.78, 5) is 10.7. The van der Waals surface area contributed by atoms with Crippen LogP contribution in [0.15, 0.2) is 12.2 Å². The highest BCUT2D eigenvalue weighted by Gasteiger charge is 2.08. The molecule has 0 saturated carbocycles. The Morgan fingerprint density at radius 2 is 2.14 bits per heavy atom. The molecule has 0 aromatic rings. The van der Waals surface area contributed by atoms with Crippen molar-refractivity contribution in [1.29, 1.82) is 0 Å². The Morgan fingerprint density at radius 1 is 1.50 bits per heavy atom. The number of carbonyl (C=O) groups excluding carboxylic acids is 1. The summed E-state index contributed by atoms with van der Waals surface area (Å²) in [5.74, 6) is 0.733. The van der Waals surface area contributed by atoms with Crippen molar-refractivity contribution < 1.29 is 9.53 Å². The van der Waals surface area contributed by atoms with Gasteiger partial charge in [0.2, 0.25) is 0 Å². The van der Waals surface area contributed by atoms with Crippen LogP contribution < -0.4 is 0 Å². The molecule has 82 valence electrons. The van der Waals surface area contributed by atoms with Crippen LogP contribution in [0.3, 0.4) is 0 Å². The largest absolute Gasteiger partial charge is 0.377 e. The molecule has 2 heteroatoms. The van der Waals surface area contributed by atoms with E-state index in [9.17, 15) is 4.79 Å². The van der Waals surface area contributed by atoms with Crippen LogP contribution in [0.25, 0.3) is 0 Å². The Hall–Kier alpha value is -0.630. The fourth-order valence-electron chi connectivity index (χ4n) is 1.50. The molecule has 14 heavy (non-hydrogen) atoms. The molecule has 0 bridgehead atoms. The van der Waals surface area contributed by atoms with Crippen molar-refractivity contribution in [1.82, 2.24) is 0 Å². The van der Waals surface area contributed by atoms with Crippen molar-refractivity contribution in [2.45, 2.75) is 46.1 Å². The Balaban J connectivity index is 3.95. The van der Waals surface area contributed by atoms with Crippen LogP contribution in [-0.4, -0.2) is 19.0 Å². The standard InChI is InChI=1S/C12H22O2/c1-5-6-10(2)9-12(14-4)8-7-11(3)13/h7-8,10,12H,5-6,9H2,1-4H3. The van der Waals surface area contributed by atoms with Crippen molar-refractivity contribution in [3.05, 3.63) is 12.2 Å². The molecule has 0 amide bonds. The number of carbonyl (C=O) groups is 1. The zero-order valence-corrected chi connectivity index (χ0v) is 9.75. The van der Waals surface area contributed by atoms with Gasteiger partial charge in [-0.25, -0.2) is 0 Å². The number of allylic oxidation sites excluding steroid dienone is 1. The molecule has 0 N–H and O–H groups in total. The molecule has 0 radical (unpaired) electrons. The first-order valence-corrected chi connectivity index (χ1v) is 5.31. The van der Waals surface area contributed by atoms with Crippen molar-refractivity contribution in [3.8, 4) is 0 Å². The molecule has 0 aliphatic rings. The van der Waals surface area contributed by atoms with Gasteiger partial charge in [0.25, 0.3) is 0 Å². The summed E-state index contributed by atoms with van der Waals surface area (Å²) in [6, 6.07) is 0. The number of hydrogen-bond acceptors (Lipinski definition) is 2. The van der Waals surface area contributed by atoms with Crippen LogP contribution in [-0.2, 0) is 9.53 Å². The smallest absolute Gasteiger partial charge is 0.152 e. The third-order valence-electron chi connectivity index (χ3n) is 2.26. The lowest BCUT2D eigenvalue weighted by molar-refractivity contribution is -0.112. The average molecular weight is 198 g/mol. The van der Waals surface area contributed by atoms with E-state index in [4.69, 9.17) is 4.74 Å². The molecule has 0 saturated heterocycles. The third-order valence-corrected chi connectivity index (χ3v) is 2.26. The van der Waals surface area contributed by atoms with Crippen LogP contribution >= 0.6 is 0 Å². The lowest BCUT2D eigenvalue weighted by Crippen LogP contribution is -2.12. The maximum Gasteiger partial charge on any atom is 0.152 e. The van der Waals surface area contributed by atoms with E-state index in [-0.39, 0.29) is 11.9 Å². The second-order valence-corrected chi connectivity index (χ2v) is 3.87. The molecule has 0 aromatic carbocycles. The molecule has 0 spiro atoms. The number of hydrogen-bond donors (Lipinski definition) is 0. The quantitative estimate of drug-likeness (QED) is 0.588. The molecule has 0 aromatic heterocycles. The summed E-state index contributed by atoms with van der Waals surface area (Å²) in [5, 5.41) is 0. The number of rotatable bonds is 7. The van der Waals surface area contributed by atoms with Crippen LogP contribution in [0.1, 0.15) is 40.0 Å². The van der Waals surface area contributed by atoms with Gasteiger partial charge in [0, 0.05) is 7.11 Å². The van der Waals surface area contributed by atoms with E-state index < -0.39 is 0 Å². The van der Waals surface area contributed by atoms with Gasteiger partial charge < -0.3 is 4.74 Å². The maximum absolute atomic E-state index is 10.7. The van der Waals surface area contributed by atoms with E-state index in [1.807, 2.05) is 6.08 Å². The van der Waals surface area contributed by atoms with Crippen LogP contribution in [0.5, 0.6) is 0 Å². The topological polar surface area (TPSA) is 26.3 Å². The summed E-state index contributed by atoms with van der Waals surface area (Å²) in [6.07, 6.45) is 6.94. The number of ether oxygens (including phenoxy) is 1. The third kappa shape index (κ3) is 6.84. The Labute approximate surface area is 87.3 Å². The van der Waals surface area contributed by atoms with Gasteiger partial charge in [0.05, 0.1) is 6.10 Å². The summed E-state index contributed by atoms with van der Waals surface area (Å²) >= 11 is 0. The second-order valence-electron chi connectivity index (χ2n) is 3.87. The number of ketones is 1. The molecular formula is C12H22O2. The van der Waals surface area contributed by atoms with Gasteiger partial charge >= 0.3 is 0 Å². The van der Waals surface area contributed by atoms with Gasteiger partial charge in [-0.1, -0.05) is 32.8 Å². The lowest BCUT2D eigenvalue weighted by atomic mass is 9.98. The SMILES string of the molecule is CCCC(C)CC(C=CC(C)=O)OC. The van der Waals surface area contributed by atoms with Crippen molar-refractivity contribution in [3.63, 3.8) is 0 Å². The number of methoxy groups -OCH3 is 1. The molecule has 0 aliphatic carbocycles. The van der Waals surface area contributed by atoms with E-state index in [0.717, 1.165) is 6.42 Å². The monoisotopic (exact) mass is 198 g/mol. The minimum Gasteiger partial charge on any atom is -0.377 e. The fraction of sp³-hybridized carbons (Fsp3) is 0.750. The molecule has 0 fully saturated rings. The zero-order valence-electron chi connectivity index (χ0n) is 9.75. The van der Waals surface area contributed by atoms with Crippen molar-refractivity contribution >= 4 is 5.78 Å². The highest BCUT2D eigenvalue weighted by molar-refractivity contribution is 5.87. The first kappa shape index (κ1) is 13.4. The lowest BCUT2D eigenvalue weighted by Gasteiger charge is -2.15. The van der Waals surface area contributed by atoms with E-state index in [1.54, 1.807) is 20.1 Å². The highest BCUT2D eigenvalue weighted by atomic mass is 16.5. The molecule has 0 rings (SSSR count). The molecule has 0 aliphatic heterocycles. The van der Waals surface area contributed by atoms with E-state index in [0.29, 0.717) is 5.92 Å². The van der Waals surface area contributed by atoms with Gasteiger partial charge in [-0.15, -0.1) is 0 Å². The highest BCUT2D eigenvalue weighted by Crippen LogP contribution is 2.14. The van der Waals surface area contributed by atoms with Gasteiger partial charge in [0.15, 0.2) is 5.78 Å². The van der Waals surface area contributed by atoms with E-state index in [1.165, 1.54) is 12.8 Å². The first-order valence-electron chi connectivity index (χ1n) is 5.31. The predicted molar refractivity (Wildman–Crippen MR) is 59.3 cm³/mol. The minimum atomic E-state index is 0.0789. The average Bonchev–Trinajstić information content (AvgIpc) is 2.12. The molecule has 2 atom stereocenters. The van der Waals surface area contributed by atoms with Crippen LogP contribution in [0.2, 0.25) is 0 Å². The summed E-state index contributed by atoms with van der Waals surface area (Å²) in [7, 11) is 1.69. The summed E-state index contributed by atoms with van der Waals surface area (Å²) in [6.45, 7) is 5.96. The van der Waals surface area contributed by atoms with Gasteiger partial charge in [-0.05, 0) is 25.3 Å². The molecule has 2 nitrogen and oxygen atoms in total.